The van der Waals surface area contributed by atoms with E-state index in [-0.39, 0.29) is 6.10 Å². The van der Waals surface area contributed by atoms with Crippen LogP contribution in [-0.4, -0.2) is 41.4 Å². The van der Waals surface area contributed by atoms with E-state index >= 15 is 0 Å². The first-order valence-corrected chi connectivity index (χ1v) is 4.82. The third-order valence-electron chi connectivity index (χ3n) is 2.29. The maximum Gasteiger partial charge on any atom is 0.186 e. The van der Waals surface area contributed by atoms with Gasteiger partial charge in [-0.1, -0.05) is 6.92 Å². The van der Waals surface area contributed by atoms with Crippen molar-refractivity contribution in [3.8, 4) is 0 Å². The fourth-order valence-electron chi connectivity index (χ4n) is 1.48. The molecular formula is C9H18O4. The number of hydrogen-bond acceptors (Lipinski definition) is 4. The van der Waals surface area contributed by atoms with Crippen LogP contribution in [0.25, 0.3) is 0 Å². The van der Waals surface area contributed by atoms with Gasteiger partial charge in [0.15, 0.2) is 6.29 Å². The molecule has 1 rings (SSSR count). The van der Waals surface area contributed by atoms with Crippen molar-refractivity contribution in [2.24, 2.45) is 0 Å². The molecule has 78 valence electrons. The summed E-state index contributed by atoms with van der Waals surface area (Å²) in [6.45, 7) is 4.29. The summed E-state index contributed by atoms with van der Waals surface area (Å²) < 4.78 is 10.6. The highest BCUT2D eigenvalue weighted by Gasteiger charge is 2.36. The molecule has 4 unspecified atom stereocenters. The summed E-state index contributed by atoms with van der Waals surface area (Å²) in [6.07, 6.45) is -0.999. The predicted octanol–water partition coefficient (Wildman–Crippen LogP) is 0.270. The summed E-state index contributed by atoms with van der Waals surface area (Å²) in [5.41, 5.74) is 0. The van der Waals surface area contributed by atoms with E-state index in [0.29, 0.717) is 13.0 Å². The van der Waals surface area contributed by atoms with Gasteiger partial charge in [-0.05, 0) is 13.3 Å². The molecule has 13 heavy (non-hydrogen) atoms. The molecule has 0 aromatic rings. The Morgan fingerprint density at radius 2 is 2.08 bits per heavy atom. The van der Waals surface area contributed by atoms with E-state index < -0.39 is 18.5 Å². The molecule has 1 aliphatic rings. The smallest absolute Gasteiger partial charge is 0.186 e. The first kappa shape index (κ1) is 10.9. The van der Waals surface area contributed by atoms with Gasteiger partial charge in [-0.3, -0.25) is 0 Å². The SMILES string of the molecule is CCOC1OC(CC)CC(O)C1O. The van der Waals surface area contributed by atoms with Crippen LogP contribution >= 0.6 is 0 Å². The van der Waals surface area contributed by atoms with Gasteiger partial charge in [-0.25, -0.2) is 0 Å². The molecule has 0 aliphatic carbocycles. The van der Waals surface area contributed by atoms with Crippen molar-refractivity contribution in [3.05, 3.63) is 0 Å². The van der Waals surface area contributed by atoms with Crippen LogP contribution in [0.5, 0.6) is 0 Å². The number of ether oxygens (including phenoxy) is 2. The molecule has 4 atom stereocenters. The molecule has 4 heteroatoms. The standard InChI is InChI=1S/C9H18O4/c1-3-6-5-7(10)8(11)9(13-6)12-4-2/h6-11H,3-5H2,1-2H3. The second kappa shape index (κ2) is 4.91. The average molecular weight is 190 g/mol. The first-order valence-electron chi connectivity index (χ1n) is 4.82. The summed E-state index contributed by atoms with van der Waals surface area (Å²) in [7, 11) is 0. The third-order valence-corrected chi connectivity index (χ3v) is 2.29. The predicted molar refractivity (Wildman–Crippen MR) is 47.2 cm³/mol. The monoisotopic (exact) mass is 190 g/mol. The Hall–Kier alpha value is -0.160. The molecule has 1 fully saturated rings. The van der Waals surface area contributed by atoms with Gasteiger partial charge in [-0.15, -0.1) is 0 Å². The van der Waals surface area contributed by atoms with Gasteiger partial charge in [0, 0.05) is 13.0 Å². The molecule has 1 saturated heterocycles. The van der Waals surface area contributed by atoms with Crippen LogP contribution in [0.3, 0.4) is 0 Å². The van der Waals surface area contributed by atoms with Crippen LogP contribution in [-0.2, 0) is 9.47 Å². The van der Waals surface area contributed by atoms with E-state index in [1.165, 1.54) is 0 Å². The molecular weight excluding hydrogens is 172 g/mol. The van der Waals surface area contributed by atoms with Gasteiger partial charge in [0.05, 0.1) is 12.2 Å². The van der Waals surface area contributed by atoms with E-state index in [9.17, 15) is 10.2 Å². The highest BCUT2D eigenvalue weighted by atomic mass is 16.7. The number of aliphatic hydroxyl groups is 2. The van der Waals surface area contributed by atoms with Crippen LogP contribution < -0.4 is 0 Å². The fraction of sp³-hybridized carbons (Fsp3) is 1.00. The van der Waals surface area contributed by atoms with E-state index in [1.54, 1.807) is 0 Å². The molecule has 0 radical (unpaired) electrons. The molecule has 4 nitrogen and oxygen atoms in total. The Labute approximate surface area is 78.5 Å². The van der Waals surface area contributed by atoms with E-state index in [0.717, 1.165) is 6.42 Å². The van der Waals surface area contributed by atoms with Gasteiger partial charge in [0.25, 0.3) is 0 Å². The van der Waals surface area contributed by atoms with Crippen molar-refractivity contribution >= 4 is 0 Å². The zero-order chi connectivity index (χ0) is 9.84. The van der Waals surface area contributed by atoms with Crippen LogP contribution in [0.2, 0.25) is 0 Å². The highest BCUT2D eigenvalue weighted by Crippen LogP contribution is 2.22. The van der Waals surface area contributed by atoms with Crippen molar-refractivity contribution in [3.63, 3.8) is 0 Å². The first-order chi connectivity index (χ1) is 6.19. The average Bonchev–Trinajstić information content (AvgIpc) is 2.13. The van der Waals surface area contributed by atoms with Gasteiger partial charge in [0.1, 0.15) is 6.10 Å². The van der Waals surface area contributed by atoms with E-state index in [4.69, 9.17) is 9.47 Å². The summed E-state index contributed by atoms with van der Waals surface area (Å²) >= 11 is 0. The van der Waals surface area contributed by atoms with Crippen molar-refractivity contribution in [2.75, 3.05) is 6.61 Å². The molecule has 0 bridgehead atoms. The van der Waals surface area contributed by atoms with E-state index in [1.807, 2.05) is 13.8 Å². The second-order valence-electron chi connectivity index (χ2n) is 3.28. The molecule has 2 N–H and O–H groups in total. The molecule has 0 saturated carbocycles. The lowest BCUT2D eigenvalue weighted by Crippen LogP contribution is -2.49. The molecule has 0 spiro atoms. The minimum Gasteiger partial charge on any atom is -0.390 e. The summed E-state index contributed by atoms with van der Waals surface area (Å²) in [6, 6.07) is 0. The Kier molecular flexibility index (Phi) is 4.12. The maximum absolute atomic E-state index is 9.48. The molecule has 0 aromatic heterocycles. The van der Waals surface area contributed by atoms with Gasteiger partial charge in [0.2, 0.25) is 0 Å². The number of aliphatic hydroxyl groups excluding tert-OH is 2. The lowest BCUT2D eigenvalue weighted by Gasteiger charge is -2.36. The van der Waals surface area contributed by atoms with Crippen molar-refractivity contribution in [2.45, 2.75) is 51.3 Å². The van der Waals surface area contributed by atoms with Crippen LogP contribution in [0.4, 0.5) is 0 Å². The minimum atomic E-state index is -0.914. The number of hydrogen-bond donors (Lipinski definition) is 2. The van der Waals surface area contributed by atoms with Crippen LogP contribution in [0.15, 0.2) is 0 Å². The Bertz CT molecular complexity index is 151. The zero-order valence-corrected chi connectivity index (χ0v) is 8.14. The molecule has 0 amide bonds. The van der Waals surface area contributed by atoms with Crippen molar-refractivity contribution in [1.29, 1.82) is 0 Å². The Balaban J connectivity index is 2.50. The second-order valence-corrected chi connectivity index (χ2v) is 3.28. The van der Waals surface area contributed by atoms with Gasteiger partial charge >= 0.3 is 0 Å². The van der Waals surface area contributed by atoms with Gasteiger partial charge < -0.3 is 19.7 Å². The normalized spacial score (nSPS) is 40.6. The summed E-state index contributed by atoms with van der Waals surface area (Å²) in [5, 5.41) is 18.9. The van der Waals surface area contributed by atoms with E-state index in [2.05, 4.69) is 0 Å². The van der Waals surface area contributed by atoms with Crippen LogP contribution in [0, 0.1) is 0 Å². The quantitative estimate of drug-likeness (QED) is 0.670. The lowest BCUT2D eigenvalue weighted by atomic mass is 10.0. The minimum absolute atomic E-state index is 0.00468. The number of rotatable bonds is 3. The van der Waals surface area contributed by atoms with Crippen LogP contribution in [0.1, 0.15) is 26.7 Å². The summed E-state index contributed by atoms with van der Waals surface area (Å²) in [4.78, 5) is 0. The lowest BCUT2D eigenvalue weighted by molar-refractivity contribution is -0.265. The third kappa shape index (κ3) is 2.64. The Morgan fingerprint density at radius 3 is 2.62 bits per heavy atom. The van der Waals surface area contributed by atoms with Gasteiger partial charge in [-0.2, -0.15) is 0 Å². The topological polar surface area (TPSA) is 58.9 Å². The fourth-order valence-corrected chi connectivity index (χ4v) is 1.48. The zero-order valence-electron chi connectivity index (χ0n) is 8.14. The summed E-state index contributed by atoms with van der Waals surface area (Å²) in [5.74, 6) is 0. The maximum atomic E-state index is 9.48. The molecule has 1 heterocycles. The molecule has 1 aliphatic heterocycles. The Morgan fingerprint density at radius 1 is 1.38 bits per heavy atom. The largest absolute Gasteiger partial charge is 0.390 e. The van der Waals surface area contributed by atoms with Crippen molar-refractivity contribution in [1.82, 2.24) is 0 Å². The molecule has 0 aromatic carbocycles. The highest BCUT2D eigenvalue weighted by molar-refractivity contribution is 4.80. The van der Waals surface area contributed by atoms with Crippen molar-refractivity contribution < 1.29 is 19.7 Å².